The van der Waals surface area contributed by atoms with E-state index >= 15 is 0 Å². The summed E-state index contributed by atoms with van der Waals surface area (Å²) in [5, 5.41) is 28.6. The molecule has 0 bridgehead atoms. The van der Waals surface area contributed by atoms with E-state index in [0.29, 0.717) is 5.56 Å². The lowest BCUT2D eigenvalue weighted by Crippen LogP contribution is -2.43. The van der Waals surface area contributed by atoms with Gasteiger partial charge in [0.2, 0.25) is 29.4 Å². The molecular formula is C30H32N2O11. The van der Waals surface area contributed by atoms with Crippen molar-refractivity contribution in [3.63, 3.8) is 0 Å². The molecule has 2 aliphatic carbocycles. The van der Waals surface area contributed by atoms with Crippen molar-refractivity contribution >= 4 is 41.6 Å². The van der Waals surface area contributed by atoms with Crippen LogP contribution in [0.4, 0.5) is 0 Å². The number of benzene rings is 1. The van der Waals surface area contributed by atoms with Crippen LogP contribution in [0.1, 0.15) is 31.2 Å². The number of phenolic OH excluding ortho intramolecular Hbond substituents is 1. The lowest BCUT2D eigenvalue weighted by Gasteiger charge is -2.42. The number of hydrogen-bond donors (Lipinski definition) is 3. The van der Waals surface area contributed by atoms with Gasteiger partial charge in [0.25, 0.3) is 0 Å². The topological polar surface area (TPSA) is 188 Å². The van der Waals surface area contributed by atoms with Crippen LogP contribution >= 0.6 is 0 Å². The molecule has 13 nitrogen and oxygen atoms in total. The first-order valence-electron chi connectivity index (χ1n) is 14.0. The molecule has 3 N–H and O–H groups in total. The highest BCUT2D eigenvalue weighted by Gasteiger charge is 2.61. The molecule has 2 saturated heterocycles. The Bertz CT molecular complexity index is 1440. The maximum Gasteiger partial charge on any atom is 0.305 e. The van der Waals surface area contributed by atoms with Gasteiger partial charge in [0.05, 0.1) is 50.7 Å². The van der Waals surface area contributed by atoms with Gasteiger partial charge in [0.15, 0.2) is 11.5 Å². The molecule has 5 rings (SSSR count). The first-order valence-corrected chi connectivity index (χ1v) is 14.0. The van der Waals surface area contributed by atoms with Gasteiger partial charge in [-0.15, -0.1) is 0 Å². The fraction of sp³-hybridized carbons (Fsp3) is 0.467. The number of carbonyl (C=O) groups is 6. The number of aromatic hydroxyl groups is 1. The fourth-order valence-electron chi connectivity index (χ4n) is 7.06. The number of carboxylic acids is 2. The zero-order chi connectivity index (χ0) is 31.2. The van der Waals surface area contributed by atoms with Crippen LogP contribution in [0.2, 0.25) is 0 Å². The molecule has 1 aromatic rings. The number of carbonyl (C=O) groups excluding carboxylic acids is 4. The van der Waals surface area contributed by atoms with Crippen molar-refractivity contribution in [2.75, 3.05) is 27.3 Å². The van der Waals surface area contributed by atoms with Gasteiger partial charge < -0.3 is 24.8 Å². The number of ether oxygens (including phenoxy) is 2. The summed E-state index contributed by atoms with van der Waals surface area (Å²) < 4.78 is 10.5. The van der Waals surface area contributed by atoms with Crippen LogP contribution in [-0.4, -0.2) is 88.0 Å². The molecule has 0 radical (unpaired) electrons. The molecule has 1 aromatic carbocycles. The molecule has 0 spiro atoms. The summed E-state index contributed by atoms with van der Waals surface area (Å²) in [7, 11) is 2.77. The molecule has 1 saturated carbocycles. The van der Waals surface area contributed by atoms with Gasteiger partial charge in [0.1, 0.15) is 0 Å². The summed E-state index contributed by atoms with van der Waals surface area (Å²) in [5.41, 5.74) is 1.30. The average Bonchev–Trinajstić information content (AvgIpc) is 3.36. The zero-order valence-electron chi connectivity index (χ0n) is 23.6. The van der Waals surface area contributed by atoms with Crippen LogP contribution < -0.4 is 9.47 Å². The van der Waals surface area contributed by atoms with Crippen molar-refractivity contribution in [2.24, 2.45) is 35.5 Å². The number of nitrogens with zero attached hydrogens (tertiary/aromatic N) is 2. The van der Waals surface area contributed by atoms with Crippen molar-refractivity contribution in [2.45, 2.75) is 25.7 Å². The summed E-state index contributed by atoms with van der Waals surface area (Å²) in [6.07, 6.45) is 4.84. The van der Waals surface area contributed by atoms with Gasteiger partial charge in [-0.2, -0.15) is 0 Å². The molecular weight excluding hydrogens is 564 g/mol. The Morgan fingerprint density at radius 1 is 0.837 bits per heavy atom. The Kier molecular flexibility index (Phi) is 8.00. The van der Waals surface area contributed by atoms with Crippen LogP contribution in [0.25, 0.3) is 6.08 Å². The molecule has 0 aromatic heterocycles. The largest absolute Gasteiger partial charge is 0.502 e. The minimum atomic E-state index is -1.15. The number of likely N-dealkylation sites (tertiary alicyclic amines) is 2. The van der Waals surface area contributed by atoms with E-state index in [4.69, 9.17) is 14.6 Å². The van der Waals surface area contributed by atoms with Crippen LogP contribution in [0.15, 0.2) is 29.9 Å². The second-order valence-electron chi connectivity index (χ2n) is 11.1. The van der Waals surface area contributed by atoms with Crippen molar-refractivity contribution < 1.29 is 53.6 Å². The van der Waals surface area contributed by atoms with Crippen molar-refractivity contribution in [3.8, 4) is 17.2 Å². The molecule has 2 aliphatic heterocycles. The highest BCUT2D eigenvalue weighted by molar-refractivity contribution is 6.08. The SMILES string of the molecule is COc1cc(C=CC2C3=CCC4C(=O)N(CCC(=O)O)C(=O)C4C3CC3C(=O)N(CCC(=O)O)C(=O)C23)cc(OC)c1O. The van der Waals surface area contributed by atoms with Gasteiger partial charge in [-0.05, 0) is 36.5 Å². The number of methoxy groups -OCH3 is 2. The monoisotopic (exact) mass is 596 g/mol. The predicted molar refractivity (Wildman–Crippen MR) is 146 cm³/mol. The van der Waals surface area contributed by atoms with E-state index in [0.717, 1.165) is 15.4 Å². The smallest absolute Gasteiger partial charge is 0.305 e. The van der Waals surface area contributed by atoms with Crippen molar-refractivity contribution in [1.29, 1.82) is 0 Å². The molecule has 228 valence electrons. The summed E-state index contributed by atoms with van der Waals surface area (Å²) in [6.45, 7) is -0.527. The second-order valence-corrected chi connectivity index (χ2v) is 11.1. The zero-order valence-corrected chi connectivity index (χ0v) is 23.6. The number of phenols is 1. The van der Waals surface area contributed by atoms with E-state index in [1.165, 1.54) is 14.2 Å². The third-order valence-corrected chi connectivity index (χ3v) is 8.98. The van der Waals surface area contributed by atoms with Crippen LogP contribution in [0.3, 0.4) is 0 Å². The number of allylic oxidation sites excluding steroid dienone is 3. The molecule has 43 heavy (non-hydrogen) atoms. The third kappa shape index (κ3) is 5.12. The molecule has 4 amide bonds. The van der Waals surface area contributed by atoms with Crippen molar-refractivity contribution in [3.05, 3.63) is 35.4 Å². The minimum absolute atomic E-state index is 0.128. The van der Waals surface area contributed by atoms with E-state index < -0.39 is 77.5 Å². The molecule has 3 fully saturated rings. The first kappa shape index (κ1) is 29.8. The number of amides is 4. The van der Waals surface area contributed by atoms with Gasteiger partial charge in [-0.3, -0.25) is 38.6 Å². The van der Waals surface area contributed by atoms with E-state index in [1.54, 1.807) is 24.3 Å². The van der Waals surface area contributed by atoms with E-state index in [1.807, 2.05) is 6.08 Å². The number of aliphatic carboxylic acids is 2. The predicted octanol–water partition coefficient (Wildman–Crippen LogP) is 1.54. The Labute approximate surface area is 246 Å². The summed E-state index contributed by atoms with van der Waals surface area (Å²) in [6, 6.07) is 3.13. The summed E-state index contributed by atoms with van der Waals surface area (Å²) in [5.74, 6) is -8.50. The van der Waals surface area contributed by atoms with Crippen LogP contribution in [0, 0.1) is 35.5 Å². The highest BCUT2D eigenvalue weighted by Crippen LogP contribution is 2.55. The van der Waals surface area contributed by atoms with Gasteiger partial charge in [-0.1, -0.05) is 23.8 Å². The highest BCUT2D eigenvalue weighted by atomic mass is 16.5. The molecule has 4 aliphatic rings. The normalized spacial score (nSPS) is 28.1. The van der Waals surface area contributed by atoms with E-state index in [-0.39, 0.29) is 49.6 Å². The Morgan fingerprint density at radius 3 is 1.91 bits per heavy atom. The third-order valence-electron chi connectivity index (χ3n) is 8.98. The Hall–Kier alpha value is -4.68. The molecule has 2 heterocycles. The number of carboxylic acid groups (broad SMARTS) is 2. The molecule has 6 atom stereocenters. The summed E-state index contributed by atoms with van der Waals surface area (Å²) in [4.78, 5) is 78.2. The van der Waals surface area contributed by atoms with Crippen LogP contribution in [0.5, 0.6) is 17.2 Å². The number of fused-ring (bicyclic) bond motifs is 4. The van der Waals surface area contributed by atoms with Crippen molar-refractivity contribution in [1.82, 2.24) is 9.80 Å². The maximum absolute atomic E-state index is 13.6. The average molecular weight is 597 g/mol. The standard InChI is InChI=1S/C30H32N2O11/c1-42-20-11-14(12-21(43-2)26(20)37)3-4-16-15-5-6-17-25(30(41)31(27(17)38)9-7-22(33)34)18(15)13-19-24(16)29(40)32(28(19)39)10-8-23(35)36/h3-5,11-12,16-19,24-25,37H,6-10,13H2,1-2H3,(H,33,34)(H,35,36). The fourth-order valence-corrected chi connectivity index (χ4v) is 7.06. The second kappa shape index (κ2) is 11.5. The van der Waals surface area contributed by atoms with Gasteiger partial charge in [0, 0.05) is 19.0 Å². The first-order chi connectivity index (χ1) is 20.5. The molecule has 6 unspecified atom stereocenters. The molecule has 13 heteroatoms. The van der Waals surface area contributed by atoms with Crippen LogP contribution in [-0.2, 0) is 28.8 Å². The lowest BCUT2D eigenvalue weighted by molar-refractivity contribution is -0.145. The number of rotatable bonds is 10. The number of imide groups is 2. The maximum atomic E-state index is 13.6. The van der Waals surface area contributed by atoms with E-state index in [2.05, 4.69) is 0 Å². The lowest BCUT2D eigenvalue weighted by atomic mass is 9.58. The Morgan fingerprint density at radius 2 is 1.37 bits per heavy atom. The number of hydrogen-bond acceptors (Lipinski definition) is 9. The Balaban J connectivity index is 1.54. The minimum Gasteiger partial charge on any atom is -0.502 e. The van der Waals surface area contributed by atoms with Gasteiger partial charge >= 0.3 is 11.9 Å². The van der Waals surface area contributed by atoms with E-state index in [9.17, 15) is 39.0 Å². The van der Waals surface area contributed by atoms with Gasteiger partial charge in [-0.25, -0.2) is 0 Å². The summed E-state index contributed by atoms with van der Waals surface area (Å²) >= 11 is 0. The quantitative estimate of drug-likeness (QED) is 0.263.